The van der Waals surface area contributed by atoms with Crippen molar-refractivity contribution in [3.8, 4) is 0 Å². The lowest BCUT2D eigenvalue weighted by Gasteiger charge is -2.06. The molecular weight excluding hydrogens is 192 g/mol. The van der Waals surface area contributed by atoms with Gasteiger partial charge < -0.3 is 4.84 Å². The third-order valence-corrected chi connectivity index (χ3v) is 1.95. The summed E-state index contributed by atoms with van der Waals surface area (Å²) in [5.74, 6) is 0.269. The minimum Gasteiger partial charge on any atom is -0.407 e. The van der Waals surface area contributed by atoms with Crippen LogP contribution >= 0.6 is 0 Å². The first-order valence-electron chi connectivity index (χ1n) is 4.56. The fourth-order valence-corrected chi connectivity index (χ4v) is 1.21. The van der Waals surface area contributed by atoms with Crippen LogP contribution in [0.25, 0.3) is 0 Å². The van der Waals surface area contributed by atoms with Gasteiger partial charge in [-0.2, -0.15) is 4.73 Å². The Morgan fingerprint density at radius 2 is 2.13 bits per heavy atom. The molecule has 0 unspecified atom stereocenters. The second kappa shape index (κ2) is 4.41. The minimum absolute atomic E-state index is 0.269. The molecule has 2 rings (SSSR count). The standard InChI is InChI=1S/C11H10N2O2/c14-8-11-12-6-7-13(11)15-9-10-4-2-1-3-5-10/h1-8H,9H2. The van der Waals surface area contributed by atoms with Gasteiger partial charge in [-0.25, -0.2) is 4.98 Å². The molecule has 0 aliphatic rings. The van der Waals surface area contributed by atoms with Gasteiger partial charge in [-0.3, -0.25) is 4.79 Å². The summed E-state index contributed by atoms with van der Waals surface area (Å²) in [6.07, 6.45) is 3.78. The first kappa shape index (κ1) is 9.45. The van der Waals surface area contributed by atoms with Gasteiger partial charge in [-0.15, -0.1) is 0 Å². The Bertz CT molecular complexity index is 437. The van der Waals surface area contributed by atoms with E-state index in [0.717, 1.165) is 5.56 Å². The molecule has 1 aromatic carbocycles. The molecule has 0 aliphatic carbocycles. The number of carbonyl (C=O) groups excluding carboxylic acids is 1. The molecule has 0 saturated heterocycles. The summed E-state index contributed by atoms with van der Waals surface area (Å²) in [6.45, 7) is 0.415. The second-order valence-electron chi connectivity index (χ2n) is 2.99. The van der Waals surface area contributed by atoms with E-state index < -0.39 is 0 Å². The van der Waals surface area contributed by atoms with E-state index in [9.17, 15) is 4.79 Å². The lowest BCUT2D eigenvalue weighted by atomic mass is 10.2. The molecular formula is C11H10N2O2. The molecule has 1 aromatic heterocycles. The van der Waals surface area contributed by atoms with Gasteiger partial charge >= 0.3 is 0 Å². The van der Waals surface area contributed by atoms with Crippen molar-refractivity contribution >= 4 is 6.29 Å². The van der Waals surface area contributed by atoms with Gasteiger partial charge in [0.1, 0.15) is 6.61 Å². The van der Waals surface area contributed by atoms with Crippen molar-refractivity contribution in [3.63, 3.8) is 0 Å². The maximum atomic E-state index is 10.5. The van der Waals surface area contributed by atoms with Gasteiger partial charge in [0, 0.05) is 6.20 Å². The van der Waals surface area contributed by atoms with Gasteiger partial charge in [0.05, 0.1) is 6.20 Å². The van der Waals surface area contributed by atoms with Crippen LogP contribution in [0, 0.1) is 0 Å². The highest BCUT2D eigenvalue weighted by Gasteiger charge is 2.00. The van der Waals surface area contributed by atoms with Crippen LogP contribution in [0.4, 0.5) is 0 Å². The zero-order valence-electron chi connectivity index (χ0n) is 8.04. The van der Waals surface area contributed by atoms with Crippen molar-refractivity contribution in [2.45, 2.75) is 6.61 Å². The third kappa shape index (κ3) is 2.22. The largest absolute Gasteiger partial charge is 0.407 e. The first-order valence-corrected chi connectivity index (χ1v) is 4.56. The number of benzene rings is 1. The molecule has 76 valence electrons. The van der Waals surface area contributed by atoms with Crippen molar-refractivity contribution in [3.05, 3.63) is 54.1 Å². The Balaban J connectivity index is 2.02. The third-order valence-electron chi connectivity index (χ3n) is 1.95. The monoisotopic (exact) mass is 202 g/mol. The molecule has 0 fully saturated rings. The van der Waals surface area contributed by atoms with Crippen molar-refractivity contribution in [2.24, 2.45) is 0 Å². The molecule has 0 atom stereocenters. The van der Waals surface area contributed by atoms with E-state index in [1.807, 2.05) is 30.3 Å². The molecule has 15 heavy (non-hydrogen) atoms. The molecule has 0 aliphatic heterocycles. The summed E-state index contributed by atoms with van der Waals surface area (Å²) in [7, 11) is 0. The van der Waals surface area contributed by atoms with Crippen LogP contribution in [0.1, 0.15) is 16.2 Å². The van der Waals surface area contributed by atoms with Crippen LogP contribution in [0.5, 0.6) is 0 Å². The van der Waals surface area contributed by atoms with Crippen LogP contribution < -0.4 is 4.84 Å². The maximum Gasteiger partial charge on any atom is 0.208 e. The molecule has 1 heterocycles. The van der Waals surface area contributed by atoms with Crippen LogP contribution in [-0.2, 0) is 6.61 Å². The quantitative estimate of drug-likeness (QED) is 0.702. The van der Waals surface area contributed by atoms with E-state index >= 15 is 0 Å². The number of hydrogen-bond acceptors (Lipinski definition) is 3. The normalized spacial score (nSPS) is 9.87. The highest BCUT2D eigenvalue weighted by molar-refractivity contribution is 5.68. The zero-order chi connectivity index (χ0) is 10.5. The van der Waals surface area contributed by atoms with E-state index in [1.54, 1.807) is 6.20 Å². The zero-order valence-corrected chi connectivity index (χ0v) is 8.04. The number of hydrogen-bond donors (Lipinski definition) is 0. The molecule has 0 saturated carbocycles. The predicted octanol–water partition coefficient (Wildman–Crippen LogP) is 1.32. The van der Waals surface area contributed by atoms with Crippen LogP contribution in [-0.4, -0.2) is 16.0 Å². The minimum atomic E-state index is 0.269. The predicted molar refractivity (Wildman–Crippen MR) is 54.3 cm³/mol. The number of rotatable bonds is 4. The van der Waals surface area contributed by atoms with Gasteiger partial charge in [-0.1, -0.05) is 30.3 Å². The molecule has 0 radical (unpaired) electrons. The summed E-state index contributed by atoms with van der Waals surface area (Å²) in [4.78, 5) is 19.7. The van der Waals surface area contributed by atoms with E-state index in [4.69, 9.17) is 4.84 Å². The van der Waals surface area contributed by atoms with E-state index in [0.29, 0.717) is 12.9 Å². The van der Waals surface area contributed by atoms with Crippen molar-refractivity contribution in [1.29, 1.82) is 0 Å². The van der Waals surface area contributed by atoms with Crippen LogP contribution in [0.15, 0.2) is 42.7 Å². The summed E-state index contributed by atoms with van der Waals surface area (Å²) in [5.41, 5.74) is 1.04. The summed E-state index contributed by atoms with van der Waals surface area (Å²) < 4.78 is 1.36. The highest BCUT2D eigenvalue weighted by Crippen LogP contribution is 1.99. The number of imidazole rings is 1. The van der Waals surface area contributed by atoms with Gasteiger partial charge in [0.15, 0.2) is 6.29 Å². The molecule has 0 N–H and O–H groups in total. The Morgan fingerprint density at radius 1 is 1.33 bits per heavy atom. The lowest BCUT2D eigenvalue weighted by Crippen LogP contribution is -2.13. The number of carbonyl (C=O) groups is 1. The molecule has 0 amide bonds. The fourth-order valence-electron chi connectivity index (χ4n) is 1.21. The maximum absolute atomic E-state index is 10.5. The first-order chi connectivity index (χ1) is 7.40. The second-order valence-corrected chi connectivity index (χ2v) is 2.99. The highest BCUT2D eigenvalue weighted by atomic mass is 16.7. The molecule has 2 aromatic rings. The van der Waals surface area contributed by atoms with Gasteiger partial charge in [-0.05, 0) is 5.56 Å². The van der Waals surface area contributed by atoms with E-state index in [2.05, 4.69) is 4.98 Å². The Morgan fingerprint density at radius 3 is 2.87 bits per heavy atom. The van der Waals surface area contributed by atoms with E-state index in [1.165, 1.54) is 10.9 Å². The summed E-state index contributed by atoms with van der Waals surface area (Å²) in [5, 5.41) is 0. The van der Waals surface area contributed by atoms with Crippen molar-refractivity contribution in [1.82, 2.24) is 9.71 Å². The van der Waals surface area contributed by atoms with Gasteiger partial charge in [0.2, 0.25) is 5.82 Å². The Labute approximate surface area is 87.1 Å². The summed E-state index contributed by atoms with van der Waals surface area (Å²) >= 11 is 0. The molecule has 4 nitrogen and oxygen atoms in total. The number of nitrogens with zero attached hydrogens (tertiary/aromatic N) is 2. The lowest BCUT2D eigenvalue weighted by molar-refractivity contribution is 0.0844. The number of aldehydes is 1. The average Bonchev–Trinajstić information content (AvgIpc) is 2.75. The topological polar surface area (TPSA) is 44.1 Å². The van der Waals surface area contributed by atoms with Crippen molar-refractivity contribution < 1.29 is 9.63 Å². The smallest absolute Gasteiger partial charge is 0.208 e. The Kier molecular flexibility index (Phi) is 2.78. The molecule has 0 spiro atoms. The molecule has 4 heteroatoms. The summed E-state index contributed by atoms with van der Waals surface area (Å²) in [6, 6.07) is 9.73. The van der Waals surface area contributed by atoms with Crippen molar-refractivity contribution in [2.75, 3.05) is 0 Å². The van der Waals surface area contributed by atoms with Crippen LogP contribution in [0.3, 0.4) is 0 Å². The fraction of sp³-hybridized carbons (Fsp3) is 0.0909. The number of aromatic nitrogens is 2. The SMILES string of the molecule is O=Cc1nccn1OCc1ccccc1. The van der Waals surface area contributed by atoms with E-state index in [-0.39, 0.29) is 5.82 Å². The average molecular weight is 202 g/mol. The van der Waals surface area contributed by atoms with Gasteiger partial charge in [0.25, 0.3) is 0 Å². The van der Waals surface area contributed by atoms with Crippen LogP contribution in [0.2, 0.25) is 0 Å². The molecule has 0 bridgehead atoms. The Hall–Kier alpha value is -2.10.